The monoisotopic (exact) mass is 353 g/mol. The Labute approximate surface area is 129 Å². The third-order valence-corrected chi connectivity index (χ3v) is 7.38. The largest absolute Gasteiger partial charge is 0.359 e. The van der Waals surface area contributed by atoms with Crippen molar-refractivity contribution in [2.75, 3.05) is 39.8 Å². The predicted octanol–water partition coefficient (Wildman–Crippen LogP) is 0.618. The lowest BCUT2D eigenvalue weighted by atomic mass is 10.3. The van der Waals surface area contributed by atoms with E-state index < -0.39 is 20.0 Å². The van der Waals surface area contributed by atoms with Crippen LogP contribution in [0.2, 0.25) is 5.02 Å². The average molecular weight is 354 g/mol. The Bertz CT molecular complexity index is 790. The molecule has 7 nitrogen and oxygen atoms in total. The van der Waals surface area contributed by atoms with Crippen molar-refractivity contribution in [3.63, 3.8) is 0 Å². The van der Waals surface area contributed by atoms with Gasteiger partial charge in [-0.1, -0.05) is 11.6 Å². The molecule has 0 bridgehead atoms. The first-order valence-corrected chi connectivity index (χ1v) is 9.19. The van der Waals surface area contributed by atoms with Gasteiger partial charge in [-0.15, -0.1) is 0 Å². The zero-order valence-corrected chi connectivity index (χ0v) is 14.4. The summed E-state index contributed by atoms with van der Waals surface area (Å²) in [7, 11) is -1.69. The maximum atomic E-state index is 12.4. The molecule has 1 aromatic rings. The Morgan fingerprint density at radius 1 is 1.24 bits per heavy atom. The highest BCUT2D eigenvalue weighted by molar-refractivity contribution is 7.90. The van der Waals surface area contributed by atoms with Gasteiger partial charge in [0.2, 0.25) is 20.0 Å². The normalized spacial score (nSPS) is 18.9. The van der Waals surface area contributed by atoms with Crippen LogP contribution in [0.15, 0.2) is 21.9 Å². The van der Waals surface area contributed by atoms with Crippen molar-refractivity contribution in [3.05, 3.63) is 17.2 Å². The smallest absolute Gasteiger partial charge is 0.246 e. The molecule has 0 saturated heterocycles. The highest BCUT2D eigenvalue weighted by atomic mass is 35.5. The number of hydrogen-bond donors (Lipinski definition) is 0. The molecule has 2 rings (SSSR count). The van der Waals surface area contributed by atoms with E-state index in [2.05, 4.69) is 0 Å². The molecular weight excluding hydrogens is 338 g/mol. The average Bonchev–Trinajstić information content (AvgIpc) is 2.35. The Morgan fingerprint density at radius 3 is 2.33 bits per heavy atom. The molecule has 0 spiro atoms. The number of halogens is 1. The van der Waals surface area contributed by atoms with Crippen molar-refractivity contribution in [2.45, 2.75) is 9.79 Å². The molecule has 1 aliphatic heterocycles. The molecule has 0 aromatic heterocycles. The van der Waals surface area contributed by atoms with Crippen LogP contribution in [0.5, 0.6) is 0 Å². The molecule has 1 heterocycles. The minimum absolute atomic E-state index is 0.00551. The number of rotatable bonds is 2. The summed E-state index contributed by atoms with van der Waals surface area (Å²) in [6.45, 7) is 0.172. The van der Waals surface area contributed by atoms with Gasteiger partial charge in [-0.25, -0.2) is 21.1 Å². The molecule has 0 radical (unpaired) electrons. The van der Waals surface area contributed by atoms with Gasteiger partial charge in [0.1, 0.15) is 9.79 Å². The molecule has 21 heavy (non-hydrogen) atoms. The van der Waals surface area contributed by atoms with Crippen LogP contribution < -0.4 is 4.90 Å². The van der Waals surface area contributed by atoms with Crippen molar-refractivity contribution < 1.29 is 16.8 Å². The Kier molecular flexibility index (Phi) is 4.00. The van der Waals surface area contributed by atoms with Crippen molar-refractivity contribution in [2.24, 2.45) is 0 Å². The zero-order chi connectivity index (χ0) is 16.2. The molecule has 1 aromatic carbocycles. The van der Waals surface area contributed by atoms with Gasteiger partial charge in [-0.3, -0.25) is 0 Å². The first-order valence-electron chi connectivity index (χ1n) is 5.93. The van der Waals surface area contributed by atoms with Gasteiger partial charge < -0.3 is 4.90 Å². The number of anilines is 1. The van der Waals surface area contributed by atoms with Gasteiger partial charge >= 0.3 is 0 Å². The fourth-order valence-electron chi connectivity index (χ4n) is 2.04. The molecule has 0 aliphatic carbocycles. The van der Waals surface area contributed by atoms with Crippen molar-refractivity contribution in [1.82, 2.24) is 8.61 Å². The molecule has 0 N–H and O–H groups in total. The van der Waals surface area contributed by atoms with Crippen LogP contribution in [-0.2, 0) is 20.0 Å². The zero-order valence-electron chi connectivity index (χ0n) is 12.0. The Hall–Kier alpha value is -0.870. The molecule has 10 heteroatoms. The van der Waals surface area contributed by atoms with Gasteiger partial charge in [0, 0.05) is 28.2 Å². The van der Waals surface area contributed by atoms with E-state index in [1.807, 2.05) is 0 Å². The van der Waals surface area contributed by atoms with E-state index in [4.69, 9.17) is 11.6 Å². The van der Waals surface area contributed by atoms with E-state index in [-0.39, 0.29) is 21.5 Å². The van der Waals surface area contributed by atoms with Gasteiger partial charge in [0.15, 0.2) is 0 Å². The summed E-state index contributed by atoms with van der Waals surface area (Å²) in [5.41, 5.74) is 0.385. The number of benzene rings is 1. The van der Waals surface area contributed by atoms with Crippen LogP contribution in [-0.4, -0.2) is 60.3 Å². The van der Waals surface area contributed by atoms with Crippen LogP contribution in [0.3, 0.4) is 0 Å². The lowest BCUT2D eigenvalue weighted by molar-refractivity contribution is 0.458. The van der Waals surface area contributed by atoms with E-state index in [9.17, 15) is 16.8 Å². The summed E-state index contributed by atoms with van der Waals surface area (Å²) in [5.74, 6) is 0. The highest BCUT2D eigenvalue weighted by Gasteiger charge is 2.34. The maximum Gasteiger partial charge on any atom is 0.246 e. The topological polar surface area (TPSA) is 78.0 Å². The van der Waals surface area contributed by atoms with E-state index in [1.54, 1.807) is 11.9 Å². The van der Waals surface area contributed by atoms with E-state index in [0.717, 1.165) is 14.7 Å². The molecule has 1 aliphatic rings. The minimum atomic E-state index is -3.83. The van der Waals surface area contributed by atoms with E-state index in [0.29, 0.717) is 5.69 Å². The van der Waals surface area contributed by atoms with E-state index >= 15 is 0 Å². The first-order chi connectivity index (χ1) is 9.49. The highest BCUT2D eigenvalue weighted by Crippen LogP contribution is 2.37. The second kappa shape index (κ2) is 5.10. The van der Waals surface area contributed by atoms with Crippen LogP contribution in [0, 0.1) is 0 Å². The fourth-order valence-corrected chi connectivity index (χ4v) is 4.94. The number of fused-ring (bicyclic) bond motifs is 1. The van der Waals surface area contributed by atoms with Gasteiger partial charge in [-0.05, 0) is 12.1 Å². The molecule has 0 atom stereocenters. The quantitative estimate of drug-likeness (QED) is 0.778. The summed E-state index contributed by atoms with van der Waals surface area (Å²) in [5, 5.41) is -0.00551. The van der Waals surface area contributed by atoms with Crippen LogP contribution in [0.4, 0.5) is 5.69 Å². The number of nitrogens with zero attached hydrogens (tertiary/aromatic N) is 3. The van der Waals surface area contributed by atoms with Crippen LogP contribution in [0.1, 0.15) is 0 Å². The molecule has 0 fully saturated rings. The lowest BCUT2D eigenvalue weighted by Crippen LogP contribution is -2.42. The third-order valence-electron chi connectivity index (χ3n) is 3.28. The standard InChI is InChI=1S/C11H16ClN3O4S2/c1-13(2)20(16,17)10-6-11-9(5-8(10)12)14(3)7-15(4)21(11,18)19/h5-6H,7H2,1-4H3. The summed E-state index contributed by atoms with van der Waals surface area (Å²) in [4.78, 5) is 1.40. The third kappa shape index (κ3) is 2.53. The predicted molar refractivity (Wildman–Crippen MR) is 80.5 cm³/mol. The van der Waals surface area contributed by atoms with Gasteiger partial charge in [0.25, 0.3) is 0 Å². The molecular formula is C11H16ClN3O4S2. The fraction of sp³-hybridized carbons (Fsp3) is 0.455. The van der Waals surface area contributed by atoms with Gasteiger partial charge in [0.05, 0.1) is 17.4 Å². The Morgan fingerprint density at radius 2 is 1.81 bits per heavy atom. The summed E-state index contributed by atoms with van der Waals surface area (Å²) >= 11 is 6.04. The van der Waals surface area contributed by atoms with Crippen molar-refractivity contribution in [3.8, 4) is 0 Å². The second-order valence-electron chi connectivity index (χ2n) is 4.98. The Balaban J connectivity index is 2.81. The molecule has 0 saturated carbocycles. The van der Waals surface area contributed by atoms with Gasteiger partial charge in [-0.2, -0.15) is 4.31 Å². The van der Waals surface area contributed by atoms with Crippen LogP contribution >= 0.6 is 11.6 Å². The number of hydrogen-bond acceptors (Lipinski definition) is 5. The SMILES string of the molecule is CN1CN(C)S(=O)(=O)c2cc(S(=O)(=O)N(C)C)c(Cl)cc21. The maximum absolute atomic E-state index is 12.4. The number of sulfonamides is 2. The summed E-state index contributed by atoms with van der Waals surface area (Å²) < 4.78 is 51.3. The lowest BCUT2D eigenvalue weighted by Gasteiger charge is -2.33. The van der Waals surface area contributed by atoms with Crippen LogP contribution in [0.25, 0.3) is 0 Å². The second-order valence-corrected chi connectivity index (χ2v) is 9.52. The molecule has 0 unspecified atom stereocenters. The summed E-state index contributed by atoms with van der Waals surface area (Å²) in [6.07, 6.45) is 0. The molecule has 0 amide bonds. The first kappa shape index (κ1) is 16.5. The molecule has 118 valence electrons. The van der Waals surface area contributed by atoms with Crippen molar-refractivity contribution in [1.29, 1.82) is 0 Å². The van der Waals surface area contributed by atoms with E-state index in [1.165, 1.54) is 27.2 Å². The minimum Gasteiger partial charge on any atom is -0.359 e. The summed E-state index contributed by atoms with van der Waals surface area (Å²) in [6, 6.07) is 2.49. The van der Waals surface area contributed by atoms with Crippen molar-refractivity contribution >= 4 is 37.3 Å².